The van der Waals surface area contributed by atoms with Crippen molar-refractivity contribution in [2.24, 2.45) is 5.92 Å². The van der Waals surface area contributed by atoms with Gasteiger partial charge in [0.1, 0.15) is 5.75 Å². The zero-order chi connectivity index (χ0) is 14.1. The predicted octanol–water partition coefficient (Wildman–Crippen LogP) is 2.87. The number of fused-ring (bicyclic) bond motifs is 1. The monoisotopic (exact) mass is 295 g/mol. The number of benzene rings is 1. The standard InChI is InChI=1S/C16H22ClNO2/c1-11(19)12-2-5-18(6-3-12)10-14-9-15(17)8-13-4-7-20-16(13)14/h8-9,11-12,19H,2-7,10H2,1H3. The Labute approximate surface area is 125 Å². The molecule has 110 valence electrons. The summed E-state index contributed by atoms with van der Waals surface area (Å²) < 4.78 is 5.76. The minimum atomic E-state index is -0.184. The Hall–Kier alpha value is -0.770. The Kier molecular flexibility index (Phi) is 4.20. The molecule has 0 radical (unpaired) electrons. The zero-order valence-corrected chi connectivity index (χ0v) is 12.7. The van der Waals surface area contributed by atoms with Crippen molar-refractivity contribution in [3.63, 3.8) is 0 Å². The second-order valence-corrected chi connectivity index (χ2v) is 6.44. The number of hydrogen-bond acceptors (Lipinski definition) is 3. The van der Waals surface area contributed by atoms with E-state index in [1.807, 2.05) is 19.1 Å². The van der Waals surface area contributed by atoms with E-state index in [2.05, 4.69) is 4.90 Å². The van der Waals surface area contributed by atoms with Crippen LogP contribution in [-0.2, 0) is 13.0 Å². The number of aliphatic hydroxyl groups is 1. The van der Waals surface area contributed by atoms with Gasteiger partial charge in [0.2, 0.25) is 0 Å². The third kappa shape index (κ3) is 2.95. The summed E-state index contributed by atoms with van der Waals surface area (Å²) in [4.78, 5) is 2.44. The van der Waals surface area contributed by atoms with Crippen LogP contribution in [0.5, 0.6) is 5.75 Å². The van der Waals surface area contributed by atoms with E-state index in [4.69, 9.17) is 16.3 Å². The summed E-state index contributed by atoms with van der Waals surface area (Å²) in [6.45, 7) is 5.65. The lowest BCUT2D eigenvalue weighted by Crippen LogP contribution is -2.36. The molecule has 20 heavy (non-hydrogen) atoms. The highest BCUT2D eigenvalue weighted by Crippen LogP contribution is 2.34. The van der Waals surface area contributed by atoms with Crippen LogP contribution in [0.25, 0.3) is 0 Å². The lowest BCUT2D eigenvalue weighted by Gasteiger charge is -2.33. The van der Waals surface area contributed by atoms with E-state index in [0.29, 0.717) is 5.92 Å². The summed E-state index contributed by atoms with van der Waals surface area (Å²) in [5.74, 6) is 1.50. The zero-order valence-electron chi connectivity index (χ0n) is 11.9. The van der Waals surface area contributed by atoms with Crippen LogP contribution in [0.15, 0.2) is 12.1 Å². The van der Waals surface area contributed by atoms with Gasteiger partial charge in [-0.1, -0.05) is 11.6 Å². The predicted molar refractivity (Wildman–Crippen MR) is 80.3 cm³/mol. The van der Waals surface area contributed by atoms with E-state index in [0.717, 1.165) is 56.3 Å². The van der Waals surface area contributed by atoms with Crippen molar-refractivity contribution >= 4 is 11.6 Å². The molecule has 1 aromatic carbocycles. The van der Waals surface area contributed by atoms with Gasteiger partial charge in [-0.05, 0) is 56.5 Å². The molecule has 0 amide bonds. The second kappa shape index (κ2) is 5.92. The largest absolute Gasteiger partial charge is 0.493 e. The van der Waals surface area contributed by atoms with Crippen LogP contribution < -0.4 is 4.74 Å². The van der Waals surface area contributed by atoms with Gasteiger partial charge in [0.15, 0.2) is 0 Å². The molecule has 4 heteroatoms. The van der Waals surface area contributed by atoms with Crippen LogP contribution >= 0.6 is 11.6 Å². The van der Waals surface area contributed by atoms with E-state index in [1.165, 1.54) is 11.1 Å². The first-order chi connectivity index (χ1) is 9.63. The molecule has 1 aromatic rings. The molecule has 1 atom stereocenters. The first-order valence-corrected chi connectivity index (χ1v) is 7.86. The van der Waals surface area contributed by atoms with E-state index in [-0.39, 0.29) is 6.10 Å². The highest BCUT2D eigenvalue weighted by molar-refractivity contribution is 6.30. The van der Waals surface area contributed by atoms with Crippen molar-refractivity contribution < 1.29 is 9.84 Å². The van der Waals surface area contributed by atoms with Crippen LogP contribution in [0.2, 0.25) is 5.02 Å². The maximum absolute atomic E-state index is 9.66. The molecule has 0 aliphatic carbocycles. The average Bonchev–Trinajstić information content (AvgIpc) is 2.87. The second-order valence-electron chi connectivity index (χ2n) is 6.01. The quantitative estimate of drug-likeness (QED) is 0.931. The summed E-state index contributed by atoms with van der Waals surface area (Å²) in [5.41, 5.74) is 2.45. The SMILES string of the molecule is CC(O)C1CCN(Cc2cc(Cl)cc3c2OCC3)CC1. The number of hydrogen-bond donors (Lipinski definition) is 1. The Balaban J connectivity index is 1.67. The van der Waals surface area contributed by atoms with Crippen LogP contribution in [0.4, 0.5) is 0 Å². The molecular formula is C16H22ClNO2. The molecule has 3 nitrogen and oxygen atoms in total. The van der Waals surface area contributed by atoms with Crippen LogP contribution in [0.3, 0.4) is 0 Å². The van der Waals surface area contributed by atoms with Gasteiger partial charge >= 0.3 is 0 Å². The topological polar surface area (TPSA) is 32.7 Å². The molecule has 2 heterocycles. The number of rotatable bonds is 3. The van der Waals surface area contributed by atoms with Crippen molar-refractivity contribution in [3.05, 3.63) is 28.3 Å². The van der Waals surface area contributed by atoms with E-state index >= 15 is 0 Å². The molecule has 0 aromatic heterocycles. The molecule has 1 N–H and O–H groups in total. The number of piperidine rings is 1. The van der Waals surface area contributed by atoms with Gasteiger partial charge in [0, 0.05) is 23.6 Å². The van der Waals surface area contributed by atoms with Crippen molar-refractivity contribution in [3.8, 4) is 5.75 Å². The number of ether oxygens (including phenoxy) is 1. The van der Waals surface area contributed by atoms with Crippen LogP contribution in [0.1, 0.15) is 30.9 Å². The smallest absolute Gasteiger partial charge is 0.127 e. The third-order valence-corrected chi connectivity index (χ3v) is 4.75. The minimum absolute atomic E-state index is 0.184. The van der Waals surface area contributed by atoms with E-state index in [1.54, 1.807) is 0 Å². The highest BCUT2D eigenvalue weighted by Gasteiger charge is 2.24. The summed E-state index contributed by atoms with van der Waals surface area (Å²) in [7, 11) is 0. The molecular weight excluding hydrogens is 274 g/mol. The number of aliphatic hydroxyl groups excluding tert-OH is 1. The lowest BCUT2D eigenvalue weighted by atomic mass is 9.92. The Morgan fingerprint density at radius 1 is 1.40 bits per heavy atom. The number of likely N-dealkylation sites (tertiary alicyclic amines) is 1. The van der Waals surface area contributed by atoms with Crippen molar-refractivity contribution in [2.75, 3.05) is 19.7 Å². The minimum Gasteiger partial charge on any atom is -0.493 e. The van der Waals surface area contributed by atoms with Crippen molar-refractivity contribution in [1.29, 1.82) is 0 Å². The molecule has 0 spiro atoms. The molecule has 0 bridgehead atoms. The Morgan fingerprint density at radius 3 is 2.85 bits per heavy atom. The molecule has 0 saturated carbocycles. The highest BCUT2D eigenvalue weighted by atomic mass is 35.5. The maximum atomic E-state index is 9.66. The van der Waals surface area contributed by atoms with E-state index in [9.17, 15) is 5.11 Å². The number of halogens is 1. The van der Waals surface area contributed by atoms with Gasteiger partial charge in [0.25, 0.3) is 0 Å². The fraction of sp³-hybridized carbons (Fsp3) is 0.625. The average molecular weight is 296 g/mol. The van der Waals surface area contributed by atoms with Gasteiger partial charge in [-0.25, -0.2) is 0 Å². The van der Waals surface area contributed by atoms with Gasteiger partial charge < -0.3 is 9.84 Å². The van der Waals surface area contributed by atoms with Crippen molar-refractivity contribution in [1.82, 2.24) is 4.90 Å². The van der Waals surface area contributed by atoms with Gasteiger partial charge in [0.05, 0.1) is 12.7 Å². The number of nitrogens with zero attached hydrogens (tertiary/aromatic N) is 1. The molecule has 2 aliphatic heterocycles. The molecule has 1 unspecified atom stereocenters. The first kappa shape index (κ1) is 14.2. The van der Waals surface area contributed by atoms with Crippen LogP contribution in [-0.4, -0.2) is 35.8 Å². The summed E-state index contributed by atoms with van der Waals surface area (Å²) in [5, 5.41) is 10.5. The molecule has 1 fully saturated rings. The Bertz CT molecular complexity index is 482. The van der Waals surface area contributed by atoms with Gasteiger partial charge in [-0.3, -0.25) is 4.90 Å². The van der Waals surface area contributed by atoms with Gasteiger partial charge in [-0.2, -0.15) is 0 Å². The Morgan fingerprint density at radius 2 is 2.15 bits per heavy atom. The molecule has 1 saturated heterocycles. The molecule has 3 rings (SSSR count). The van der Waals surface area contributed by atoms with Gasteiger partial charge in [-0.15, -0.1) is 0 Å². The maximum Gasteiger partial charge on any atom is 0.127 e. The van der Waals surface area contributed by atoms with Crippen molar-refractivity contribution in [2.45, 2.75) is 38.8 Å². The summed E-state index contributed by atoms with van der Waals surface area (Å²) in [6, 6.07) is 4.06. The summed E-state index contributed by atoms with van der Waals surface area (Å²) >= 11 is 6.20. The fourth-order valence-electron chi connectivity index (χ4n) is 3.30. The first-order valence-electron chi connectivity index (χ1n) is 7.48. The normalized spacial score (nSPS) is 21.6. The van der Waals surface area contributed by atoms with E-state index < -0.39 is 0 Å². The fourth-order valence-corrected chi connectivity index (χ4v) is 3.56. The molecule has 2 aliphatic rings. The lowest BCUT2D eigenvalue weighted by molar-refractivity contribution is 0.0693. The van der Waals surface area contributed by atoms with Crippen LogP contribution in [0, 0.1) is 5.92 Å². The summed E-state index contributed by atoms with van der Waals surface area (Å²) in [6.07, 6.45) is 2.92. The third-order valence-electron chi connectivity index (χ3n) is 4.53.